The van der Waals surface area contributed by atoms with E-state index in [9.17, 15) is 19.2 Å². The lowest BCUT2D eigenvalue weighted by molar-refractivity contribution is 0.0475. The molecule has 2 aromatic carbocycles. The molecule has 8 heteroatoms. The zero-order valence-electron chi connectivity index (χ0n) is 17.6. The number of fused-ring (bicyclic) bond motifs is 2. The van der Waals surface area contributed by atoms with E-state index in [4.69, 9.17) is 9.15 Å². The molecule has 4 aromatic rings. The summed E-state index contributed by atoms with van der Waals surface area (Å²) < 4.78 is 10.4. The molecule has 0 fully saturated rings. The predicted molar refractivity (Wildman–Crippen MR) is 117 cm³/mol. The Morgan fingerprint density at radius 1 is 1.00 bits per heavy atom. The molecule has 1 N–H and O–H groups in total. The average molecular weight is 442 g/mol. The molecule has 1 aliphatic heterocycles. The van der Waals surface area contributed by atoms with E-state index in [0.717, 1.165) is 15.8 Å². The van der Waals surface area contributed by atoms with E-state index in [-0.39, 0.29) is 29.0 Å². The zero-order valence-corrected chi connectivity index (χ0v) is 17.6. The molecule has 0 radical (unpaired) electrons. The van der Waals surface area contributed by atoms with Crippen LogP contribution in [0, 0.1) is 6.92 Å². The molecule has 2 aromatic heterocycles. The molecule has 2 amide bonds. The number of aryl methyl sites for hydroxylation is 1. The van der Waals surface area contributed by atoms with Gasteiger partial charge >= 0.3 is 5.97 Å². The highest BCUT2D eigenvalue weighted by Crippen LogP contribution is 2.26. The highest BCUT2D eigenvalue weighted by atomic mass is 16.5. The molecule has 3 heterocycles. The summed E-state index contributed by atoms with van der Waals surface area (Å²) in [6.45, 7) is 1.33. The van der Waals surface area contributed by atoms with Gasteiger partial charge in [0.25, 0.3) is 11.8 Å². The van der Waals surface area contributed by atoms with E-state index in [2.05, 4.69) is 4.98 Å². The Morgan fingerprint density at radius 2 is 1.79 bits per heavy atom. The number of furan rings is 1. The Bertz CT molecular complexity index is 1430. The quantitative estimate of drug-likeness (QED) is 0.275. The fourth-order valence-corrected chi connectivity index (χ4v) is 4.04. The maximum Gasteiger partial charge on any atom is 0.338 e. The van der Waals surface area contributed by atoms with Crippen LogP contribution in [0.4, 0.5) is 0 Å². The Labute approximate surface area is 187 Å². The average Bonchev–Trinajstić information content (AvgIpc) is 3.51. The maximum atomic E-state index is 12.7. The maximum absolute atomic E-state index is 12.7. The van der Waals surface area contributed by atoms with Crippen molar-refractivity contribution < 1.29 is 28.3 Å². The third-order valence-corrected chi connectivity index (χ3v) is 5.61. The minimum Gasteiger partial charge on any atom is -0.467 e. The van der Waals surface area contributed by atoms with Crippen LogP contribution in [0.3, 0.4) is 0 Å². The summed E-state index contributed by atoms with van der Waals surface area (Å²) in [6, 6.07) is 14.9. The molecule has 1 aliphatic rings. The number of hydrogen-bond acceptors (Lipinski definition) is 6. The molecule has 0 unspecified atom stereocenters. The molecule has 0 spiro atoms. The second-order valence-electron chi connectivity index (χ2n) is 7.71. The number of esters is 1. The highest BCUT2D eigenvalue weighted by molar-refractivity contribution is 6.22. The lowest BCUT2D eigenvalue weighted by Crippen LogP contribution is -2.28. The molecule has 164 valence electrons. The number of hydrogen-bond donors (Lipinski definition) is 1. The number of imide groups is 1. The number of carbonyl (C=O) groups is 4. The number of nitrogens with one attached hydrogen (secondary N) is 1. The first kappa shape index (κ1) is 20.4. The molecule has 0 aliphatic carbocycles. The lowest BCUT2D eigenvalue weighted by atomic mass is 10.1. The van der Waals surface area contributed by atoms with Crippen molar-refractivity contribution in [1.29, 1.82) is 0 Å². The Kier molecular flexibility index (Phi) is 4.90. The topological polar surface area (TPSA) is 110 Å². The van der Waals surface area contributed by atoms with Crippen LogP contribution in [0.2, 0.25) is 0 Å². The van der Waals surface area contributed by atoms with Gasteiger partial charge in [0, 0.05) is 22.2 Å². The van der Waals surface area contributed by atoms with Gasteiger partial charge in [-0.15, -0.1) is 0 Å². The van der Waals surface area contributed by atoms with E-state index in [1.807, 2.05) is 24.3 Å². The minimum atomic E-state index is -0.756. The van der Waals surface area contributed by atoms with Crippen molar-refractivity contribution in [3.05, 3.63) is 94.6 Å². The number of H-pyrrole nitrogens is 1. The van der Waals surface area contributed by atoms with Crippen molar-refractivity contribution in [2.45, 2.75) is 13.5 Å². The number of aromatic nitrogens is 1. The number of amides is 2. The van der Waals surface area contributed by atoms with E-state index in [0.29, 0.717) is 17.0 Å². The van der Waals surface area contributed by atoms with Gasteiger partial charge in [-0.25, -0.2) is 4.79 Å². The van der Waals surface area contributed by atoms with Crippen LogP contribution in [0.1, 0.15) is 52.9 Å². The molecule has 0 bridgehead atoms. The zero-order chi connectivity index (χ0) is 23.1. The van der Waals surface area contributed by atoms with Gasteiger partial charge in [-0.3, -0.25) is 19.3 Å². The van der Waals surface area contributed by atoms with E-state index in [1.165, 1.54) is 24.5 Å². The van der Waals surface area contributed by atoms with E-state index >= 15 is 0 Å². The van der Waals surface area contributed by atoms with Gasteiger partial charge in [0.05, 0.1) is 29.5 Å². The molecule has 5 rings (SSSR count). The first-order valence-electron chi connectivity index (χ1n) is 10.2. The van der Waals surface area contributed by atoms with Crippen molar-refractivity contribution in [3.8, 4) is 0 Å². The Balaban J connectivity index is 1.31. The summed E-state index contributed by atoms with van der Waals surface area (Å²) in [5.41, 5.74) is 2.38. The third kappa shape index (κ3) is 3.51. The van der Waals surface area contributed by atoms with E-state index < -0.39 is 24.4 Å². The number of para-hydroxylation sites is 1. The molecular weight excluding hydrogens is 424 g/mol. The fraction of sp³-hybridized carbons (Fsp3) is 0.120. The van der Waals surface area contributed by atoms with Crippen LogP contribution in [0.15, 0.2) is 65.3 Å². The predicted octanol–water partition coefficient (Wildman–Crippen LogP) is 3.91. The van der Waals surface area contributed by atoms with Crippen LogP contribution in [0.5, 0.6) is 0 Å². The van der Waals surface area contributed by atoms with Crippen molar-refractivity contribution in [1.82, 2.24) is 9.88 Å². The smallest absolute Gasteiger partial charge is 0.338 e. The third-order valence-electron chi connectivity index (χ3n) is 5.61. The SMILES string of the molecule is Cc1[nH]c2ccccc2c1C(=O)COC(=O)c1ccc2c(c1)C(=O)N(Cc1ccco1)C2=O. The van der Waals surface area contributed by atoms with Gasteiger partial charge in [-0.2, -0.15) is 0 Å². The second-order valence-corrected chi connectivity index (χ2v) is 7.71. The number of Topliss-reactive ketones (excluding diaryl/α,β-unsaturated/α-hetero) is 1. The van der Waals surface area contributed by atoms with Gasteiger partial charge in [0.2, 0.25) is 5.78 Å². The van der Waals surface area contributed by atoms with Gasteiger partial charge < -0.3 is 14.1 Å². The van der Waals surface area contributed by atoms with Crippen LogP contribution in [0.25, 0.3) is 10.9 Å². The molecule has 0 saturated carbocycles. The van der Waals surface area contributed by atoms with Crippen molar-refractivity contribution >= 4 is 34.5 Å². The summed E-state index contributed by atoms with van der Waals surface area (Å²) in [5, 5.41) is 0.759. The fourth-order valence-electron chi connectivity index (χ4n) is 4.04. The molecule has 0 atom stereocenters. The Morgan fingerprint density at radius 3 is 2.58 bits per heavy atom. The summed E-state index contributed by atoms with van der Waals surface area (Å²) in [4.78, 5) is 54.9. The second kappa shape index (κ2) is 7.90. The first-order valence-corrected chi connectivity index (χ1v) is 10.2. The van der Waals surface area contributed by atoms with Gasteiger partial charge in [0.1, 0.15) is 5.76 Å². The molecular formula is C25H18N2O6. The number of ketones is 1. The first-order chi connectivity index (χ1) is 15.9. The standard InChI is InChI=1S/C25H18N2O6/c1-14-22(18-6-2-3-7-20(18)26-14)21(28)13-33-25(31)15-8-9-17-19(11-15)24(30)27(23(17)29)12-16-5-4-10-32-16/h2-11,26H,12-13H2,1H3. The van der Waals surface area contributed by atoms with Crippen LogP contribution in [-0.4, -0.2) is 40.1 Å². The van der Waals surface area contributed by atoms with Crippen LogP contribution < -0.4 is 0 Å². The number of aromatic amines is 1. The normalized spacial score (nSPS) is 12.9. The number of ether oxygens (including phenoxy) is 1. The van der Waals surface area contributed by atoms with Crippen molar-refractivity contribution in [3.63, 3.8) is 0 Å². The van der Waals surface area contributed by atoms with Gasteiger partial charge in [-0.05, 0) is 43.3 Å². The van der Waals surface area contributed by atoms with Crippen LogP contribution >= 0.6 is 0 Å². The van der Waals surface area contributed by atoms with Crippen molar-refractivity contribution in [2.75, 3.05) is 6.61 Å². The lowest BCUT2D eigenvalue weighted by Gasteiger charge is -2.11. The molecule has 8 nitrogen and oxygen atoms in total. The van der Waals surface area contributed by atoms with Gasteiger partial charge in [0.15, 0.2) is 6.61 Å². The minimum absolute atomic E-state index is 0.00238. The Hall–Kier alpha value is -4.46. The summed E-state index contributed by atoms with van der Waals surface area (Å²) in [5.74, 6) is -1.61. The summed E-state index contributed by atoms with van der Waals surface area (Å²) in [6.07, 6.45) is 1.46. The number of rotatable bonds is 6. The van der Waals surface area contributed by atoms with E-state index in [1.54, 1.807) is 19.1 Å². The van der Waals surface area contributed by atoms with Gasteiger partial charge in [-0.1, -0.05) is 18.2 Å². The summed E-state index contributed by atoms with van der Waals surface area (Å²) in [7, 11) is 0. The van der Waals surface area contributed by atoms with Crippen molar-refractivity contribution in [2.24, 2.45) is 0 Å². The molecule has 0 saturated heterocycles. The van der Waals surface area contributed by atoms with Crippen LogP contribution in [-0.2, 0) is 11.3 Å². The highest BCUT2D eigenvalue weighted by Gasteiger charge is 2.36. The number of nitrogens with zero attached hydrogens (tertiary/aromatic N) is 1. The number of benzene rings is 2. The summed E-state index contributed by atoms with van der Waals surface area (Å²) >= 11 is 0. The molecule has 33 heavy (non-hydrogen) atoms. The largest absolute Gasteiger partial charge is 0.467 e. The monoisotopic (exact) mass is 442 g/mol. The number of carbonyl (C=O) groups excluding carboxylic acids is 4.